The van der Waals surface area contributed by atoms with Crippen LogP contribution in [0.5, 0.6) is 17.5 Å². The second kappa shape index (κ2) is 14.3. The van der Waals surface area contributed by atoms with E-state index in [1.54, 1.807) is 0 Å². The summed E-state index contributed by atoms with van der Waals surface area (Å²) >= 11 is 6.34. The fourth-order valence-corrected chi connectivity index (χ4v) is 6.40. The number of fused-ring (bicyclic) bond motifs is 2. The SMILES string of the molecule is CCCCNCCNc1nc(OCC2(CN3CCOCC3)CC2)nc2c(F)c(-c3cc(O)cc4ccc(F)c(Cl)c34)c(F)c(OC)c12. The normalized spacial score (nSPS) is 16.1. The number of unbranched alkanes of at least 4 members (excludes halogenated alkanes) is 1. The molecule has 252 valence electrons. The Bertz CT molecular complexity index is 1770. The number of phenolic OH excluding ortho intramolecular Hbond substituents is 1. The smallest absolute Gasteiger partial charge is 0.319 e. The van der Waals surface area contributed by atoms with Crippen LogP contribution in [0.3, 0.4) is 0 Å². The Morgan fingerprint density at radius 3 is 2.55 bits per heavy atom. The number of hydrogen-bond acceptors (Lipinski definition) is 9. The fraction of sp³-hybridized carbons (Fsp3) is 0.471. The van der Waals surface area contributed by atoms with Crippen molar-refractivity contribution in [2.45, 2.75) is 32.6 Å². The van der Waals surface area contributed by atoms with Gasteiger partial charge >= 0.3 is 6.01 Å². The first-order chi connectivity index (χ1) is 22.7. The minimum atomic E-state index is -1.08. The van der Waals surface area contributed by atoms with Crippen molar-refractivity contribution in [2.24, 2.45) is 5.41 Å². The summed E-state index contributed by atoms with van der Waals surface area (Å²) < 4.78 is 65.0. The number of nitrogens with zero attached hydrogens (tertiary/aromatic N) is 3. The number of methoxy groups -OCH3 is 1. The van der Waals surface area contributed by atoms with Crippen LogP contribution in [0.4, 0.5) is 19.0 Å². The van der Waals surface area contributed by atoms with Crippen LogP contribution in [-0.2, 0) is 4.74 Å². The van der Waals surface area contributed by atoms with Crippen LogP contribution in [-0.4, -0.2) is 86.2 Å². The van der Waals surface area contributed by atoms with Crippen molar-refractivity contribution >= 4 is 39.1 Å². The van der Waals surface area contributed by atoms with Crippen LogP contribution in [0, 0.1) is 22.9 Å². The molecule has 3 N–H and O–H groups in total. The van der Waals surface area contributed by atoms with E-state index in [0.29, 0.717) is 38.3 Å². The Kier molecular flexibility index (Phi) is 10.1. The van der Waals surface area contributed by atoms with Gasteiger partial charge in [0.15, 0.2) is 17.4 Å². The quantitative estimate of drug-likeness (QED) is 0.129. The lowest BCUT2D eigenvalue weighted by molar-refractivity contribution is 0.0231. The average Bonchev–Trinajstić information content (AvgIpc) is 3.83. The molecule has 1 saturated heterocycles. The second-order valence-corrected chi connectivity index (χ2v) is 12.7. The molecule has 0 radical (unpaired) electrons. The molecule has 2 aliphatic rings. The lowest BCUT2D eigenvalue weighted by Crippen LogP contribution is -2.41. The minimum absolute atomic E-state index is 0.0108. The van der Waals surface area contributed by atoms with E-state index in [1.807, 2.05) is 0 Å². The highest BCUT2D eigenvalue weighted by Crippen LogP contribution is 2.48. The Morgan fingerprint density at radius 2 is 1.83 bits per heavy atom. The van der Waals surface area contributed by atoms with Gasteiger partial charge in [0.05, 0.1) is 42.9 Å². The summed E-state index contributed by atoms with van der Waals surface area (Å²) in [6, 6.07) is 4.91. The number of rotatable bonds is 14. The van der Waals surface area contributed by atoms with Gasteiger partial charge in [0.25, 0.3) is 0 Å². The van der Waals surface area contributed by atoms with Gasteiger partial charge in [0.2, 0.25) is 0 Å². The van der Waals surface area contributed by atoms with E-state index in [1.165, 1.54) is 19.2 Å². The van der Waals surface area contributed by atoms with Crippen molar-refractivity contribution in [1.82, 2.24) is 20.2 Å². The zero-order chi connectivity index (χ0) is 33.1. The Morgan fingerprint density at radius 1 is 1.04 bits per heavy atom. The van der Waals surface area contributed by atoms with E-state index < -0.39 is 23.0 Å². The number of nitrogens with one attached hydrogen (secondary N) is 2. The minimum Gasteiger partial charge on any atom is -0.508 e. The summed E-state index contributed by atoms with van der Waals surface area (Å²) in [5.74, 6) is -3.37. The van der Waals surface area contributed by atoms with Gasteiger partial charge in [-0.2, -0.15) is 9.97 Å². The van der Waals surface area contributed by atoms with Gasteiger partial charge in [-0.05, 0) is 49.4 Å². The molecule has 3 aromatic carbocycles. The van der Waals surface area contributed by atoms with Gasteiger partial charge in [0, 0.05) is 49.1 Å². The monoisotopic (exact) mass is 673 g/mol. The Hall–Kier alpha value is -3.58. The topological polar surface area (TPSA) is 101 Å². The van der Waals surface area contributed by atoms with Gasteiger partial charge in [-0.3, -0.25) is 4.90 Å². The Balaban J connectivity index is 1.44. The van der Waals surface area contributed by atoms with E-state index in [9.17, 15) is 9.50 Å². The van der Waals surface area contributed by atoms with Crippen LogP contribution in [0.2, 0.25) is 5.02 Å². The average molecular weight is 674 g/mol. The van der Waals surface area contributed by atoms with Gasteiger partial charge < -0.3 is 30.0 Å². The maximum Gasteiger partial charge on any atom is 0.319 e. The second-order valence-electron chi connectivity index (χ2n) is 12.3. The molecule has 9 nitrogen and oxygen atoms in total. The highest BCUT2D eigenvalue weighted by molar-refractivity contribution is 6.37. The van der Waals surface area contributed by atoms with E-state index in [-0.39, 0.29) is 55.6 Å². The molecule has 1 aromatic heterocycles. The molecule has 0 unspecified atom stereocenters. The predicted octanol–water partition coefficient (Wildman–Crippen LogP) is 6.53. The summed E-state index contributed by atoms with van der Waals surface area (Å²) in [7, 11) is 1.26. The number of aromatic nitrogens is 2. The number of hydrogen-bond donors (Lipinski definition) is 3. The van der Waals surface area contributed by atoms with Crippen molar-refractivity contribution < 1.29 is 32.5 Å². The predicted molar refractivity (Wildman–Crippen MR) is 176 cm³/mol. The van der Waals surface area contributed by atoms with Crippen molar-refractivity contribution in [3.05, 3.63) is 46.7 Å². The van der Waals surface area contributed by atoms with Crippen molar-refractivity contribution in [2.75, 3.05) is 71.5 Å². The van der Waals surface area contributed by atoms with E-state index in [2.05, 4.69) is 32.4 Å². The summed E-state index contributed by atoms with van der Waals surface area (Å²) in [6.45, 7) is 8.18. The molecule has 1 aliphatic heterocycles. The molecule has 47 heavy (non-hydrogen) atoms. The largest absolute Gasteiger partial charge is 0.508 e. The van der Waals surface area contributed by atoms with Crippen molar-refractivity contribution in [1.29, 1.82) is 0 Å². The van der Waals surface area contributed by atoms with Crippen LogP contribution in [0.1, 0.15) is 32.6 Å². The van der Waals surface area contributed by atoms with Gasteiger partial charge in [-0.15, -0.1) is 0 Å². The summed E-state index contributed by atoms with van der Waals surface area (Å²) in [4.78, 5) is 11.4. The standard InChI is InChI=1S/C34H39ClF3N5O4/c1-3-4-9-39-10-11-40-32-26-30(41-33(42-32)47-19-34(7-8-34)18-43-12-14-46-15-13-43)28(37)25(29(38)31(26)45-2)22-17-21(44)16-20-5-6-23(36)27(35)24(20)22/h5-6,16-17,39,44H,3-4,7-15,18-19H2,1-2H3,(H,40,41,42). The zero-order valence-corrected chi connectivity index (χ0v) is 27.3. The summed E-state index contributed by atoms with van der Waals surface area (Å²) in [5.41, 5.74) is -1.06. The van der Waals surface area contributed by atoms with E-state index in [4.69, 9.17) is 25.8 Å². The van der Waals surface area contributed by atoms with E-state index >= 15 is 8.78 Å². The fourth-order valence-electron chi connectivity index (χ4n) is 6.12. The van der Waals surface area contributed by atoms with E-state index in [0.717, 1.165) is 64.0 Å². The molecule has 1 saturated carbocycles. The lowest BCUT2D eigenvalue weighted by Gasteiger charge is -2.30. The molecule has 0 atom stereocenters. The number of phenols is 1. The molecule has 2 heterocycles. The molecule has 4 aromatic rings. The lowest BCUT2D eigenvalue weighted by atomic mass is 9.95. The first kappa shape index (κ1) is 33.3. The van der Waals surface area contributed by atoms with Crippen molar-refractivity contribution in [3.8, 4) is 28.6 Å². The highest BCUT2D eigenvalue weighted by Gasteiger charge is 2.45. The van der Waals surface area contributed by atoms with Crippen LogP contribution in [0.15, 0.2) is 24.3 Å². The first-order valence-electron chi connectivity index (χ1n) is 16.0. The Labute approximate surface area is 276 Å². The maximum absolute atomic E-state index is 16.8. The number of benzene rings is 3. The summed E-state index contributed by atoms with van der Waals surface area (Å²) in [6.07, 6.45) is 4.03. The number of morpholine rings is 1. The molecule has 6 rings (SSSR count). The molecule has 0 spiro atoms. The first-order valence-corrected chi connectivity index (χ1v) is 16.4. The molecular weight excluding hydrogens is 635 g/mol. The molecule has 0 amide bonds. The third kappa shape index (κ3) is 7.01. The van der Waals surface area contributed by atoms with Crippen molar-refractivity contribution in [3.63, 3.8) is 0 Å². The number of halogens is 4. The molecule has 0 bridgehead atoms. The van der Waals surface area contributed by atoms with Gasteiger partial charge in [-0.1, -0.05) is 31.0 Å². The number of aromatic hydroxyl groups is 1. The maximum atomic E-state index is 16.8. The van der Waals surface area contributed by atoms with Crippen LogP contribution < -0.4 is 20.1 Å². The van der Waals surface area contributed by atoms with Gasteiger partial charge in [0.1, 0.15) is 22.9 Å². The molecule has 1 aliphatic carbocycles. The highest BCUT2D eigenvalue weighted by atomic mass is 35.5. The van der Waals surface area contributed by atoms with Crippen LogP contribution in [0.25, 0.3) is 32.8 Å². The summed E-state index contributed by atoms with van der Waals surface area (Å²) in [5, 5.41) is 17.0. The van der Waals surface area contributed by atoms with Gasteiger partial charge in [-0.25, -0.2) is 13.2 Å². The van der Waals surface area contributed by atoms with Crippen LogP contribution >= 0.6 is 11.6 Å². The molecular formula is C34H39ClF3N5O4. The third-order valence-corrected chi connectivity index (χ3v) is 9.23. The zero-order valence-electron chi connectivity index (χ0n) is 26.5. The third-order valence-electron chi connectivity index (χ3n) is 8.86. The molecule has 13 heteroatoms. The number of anilines is 1. The number of ether oxygens (including phenoxy) is 3. The molecule has 2 fully saturated rings.